The van der Waals surface area contributed by atoms with Gasteiger partial charge < -0.3 is 15.2 Å². The summed E-state index contributed by atoms with van der Waals surface area (Å²) in [4.78, 5) is 0. The number of rotatable bonds is 3. The van der Waals surface area contributed by atoms with Crippen molar-refractivity contribution in [3.63, 3.8) is 0 Å². The van der Waals surface area contributed by atoms with Crippen LogP contribution in [0.5, 0.6) is 5.75 Å². The molecule has 1 aromatic rings. The van der Waals surface area contributed by atoms with Crippen LogP contribution in [-0.2, 0) is 10.3 Å². The highest BCUT2D eigenvalue weighted by Crippen LogP contribution is 2.35. The number of likely N-dealkylation sites (N-methyl/N-ethyl adjacent to an activating group) is 1. The molecule has 2 atom stereocenters. The SMILES string of the molecule is CCNC1CCCOC1(C)c1ccc(O)cc1. The van der Waals surface area contributed by atoms with Crippen LogP contribution in [0.3, 0.4) is 0 Å². The van der Waals surface area contributed by atoms with Crippen molar-refractivity contribution in [1.29, 1.82) is 0 Å². The van der Waals surface area contributed by atoms with Crippen molar-refractivity contribution < 1.29 is 9.84 Å². The van der Waals surface area contributed by atoms with Crippen molar-refractivity contribution in [2.45, 2.75) is 38.3 Å². The standard InChI is InChI=1S/C14H21NO2/c1-3-15-13-5-4-10-17-14(13,2)11-6-8-12(16)9-7-11/h6-9,13,15-16H,3-5,10H2,1-2H3. The van der Waals surface area contributed by atoms with Crippen molar-refractivity contribution in [2.75, 3.05) is 13.2 Å². The number of ether oxygens (including phenoxy) is 1. The van der Waals surface area contributed by atoms with Gasteiger partial charge in [0.15, 0.2) is 0 Å². The first-order chi connectivity index (χ1) is 8.16. The number of hydrogen-bond donors (Lipinski definition) is 2. The van der Waals surface area contributed by atoms with Crippen LogP contribution in [0.25, 0.3) is 0 Å². The van der Waals surface area contributed by atoms with Crippen LogP contribution in [-0.4, -0.2) is 24.3 Å². The Kier molecular flexibility index (Phi) is 3.69. The van der Waals surface area contributed by atoms with Crippen molar-refractivity contribution in [3.05, 3.63) is 29.8 Å². The third kappa shape index (κ3) is 2.45. The molecule has 1 fully saturated rings. The summed E-state index contributed by atoms with van der Waals surface area (Å²) in [5, 5.41) is 12.9. The fourth-order valence-electron chi connectivity index (χ4n) is 2.57. The summed E-state index contributed by atoms with van der Waals surface area (Å²) < 4.78 is 6.01. The van der Waals surface area contributed by atoms with Crippen molar-refractivity contribution >= 4 is 0 Å². The number of benzene rings is 1. The molecule has 3 nitrogen and oxygen atoms in total. The summed E-state index contributed by atoms with van der Waals surface area (Å²) in [6.45, 7) is 6.00. The zero-order valence-corrected chi connectivity index (χ0v) is 10.6. The van der Waals surface area contributed by atoms with Gasteiger partial charge in [-0.05, 0) is 44.0 Å². The quantitative estimate of drug-likeness (QED) is 0.845. The predicted octanol–water partition coefficient (Wildman–Crippen LogP) is 2.40. The van der Waals surface area contributed by atoms with Gasteiger partial charge >= 0.3 is 0 Å². The smallest absolute Gasteiger partial charge is 0.115 e. The fourth-order valence-corrected chi connectivity index (χ4v) is 2.57. The molecule has 3 heteroatoms. The predicted molar refractivity (Wildman–Crippen MR) is 68.1 cm³/mol. The van der Waals surface area contributed by atoms with Crippen LogP contribution in [0.4, 0.5) is 0 Å². The van der Waals surface area contributed by atoms with E-state index in [1.54, 1.807) is 12.1 Å². The maximum Gasteiger partial charge on any atom is 0.115 e. The Labute approximate surface area is 103 Å². The molecule has 0 aromatic heterocycles. The van der Waals surface area contributed by atoms with Crippen LogP contribution in [0.2, 0.25) is 0 Å². The van der Waals surface area contributed by atoms with Gasteiger partial charge in [0.05, 0.1) is 0 Å². The zero-order chi connectivity index (χ0) is 12.3. The second kappa shape index (κ2) is 5.07. The molecule has 1 aliphatic rings. The van der Waals surface area contributed by atoms with E-state index in [0.29, 0.717) is 11.8 Å². The molecule has 1 aromatic carbocycles. The average molecular weight is 235 g/mol. The third-order valence-corrected chi connectivity index (χ3v) is 3.60. The molecule has 0 bridgehead atoms. The van der Waals surface area contributed by atoms with E-state index in [4.69, 9.17) is 4.74 Å². The lowest BCUT2D eigenvalue weighted by atomic mass is 9.83. The van der Waals surface area contributed by atoms with Crippen LogP contribution in [0.15, 0.2) is 24.3 Å². The molecule has 0 aliphatic carbocycles. The second-order valence-electron chi connectivity index (χ2n) is 4.75. The highest BCUT2D eigenvalue weighted by Gasteiger charge is 2.38. The fraction of sp³-hybridized carbons (Fsp3) is 0.571. The molecular weight excluding hydrogens is 214 g/mol. The van der Waals surface area contributed by atoms with Gasteiger partial charge in [0.1, 0.15) is 11.4 Å². The number of phenolic OH excluding ortho intramolecular Hbond substituents is 1. The van der Waals surface area contributed by atoms with Crippen LogP contribution >= 0.6 is 0 Å². The lowest BCUT2D eigenvalue weighted by Gasteiger charge is -2.42. The minimum Gasteiger partial charge on any atom is -0.508 e. The summed E-state index contributed by atoms with van der Waals surface area (Å²) in [6.07, 6.45) is 2.23. The first-order valence-corrected chi connectivity index (χ1v) is 6.33. The van der Waals surface area contributed by atoms with E-state index in [-0.39, 0.29) is 5.60 Å². The topological polar surface area (TPSA) is 41.5 Å². The molecule has 0 spiro atoms. The van der Waals surface area contributed by atoms with Gasteiger partial charge in [0.2, 0.25) is 0 Å². The molecule has 0 radical (unpaired) electrons. The summed E-state index contributed by atoms with van der Waals surface area (Å²) >= 11 is 0. The van der Waals surface area contributed by atoms with Crippen LogP contribution < -0.4 is 5.32 Å². The van der Waals surface area contributed by atoms with Crippen LogP contribution in [0.1, 0.15) is 32.3 Å². The van der Waals surface area contributed by atoms with Crippen molar-refractivity contribution in [1.82, 2.24) is 5.32 Å². The molecule has 94 valence electrons. The molecule has 1 saturated heterocycles. The molecule has 1 heterocycles. The van der Waals surface area contributed by atoms with Gasteiger partial charge in [-0.15, -0.1) is 0 Å². The number of aromatic hydroxyl groups is 1. The number of nitrogens with one attached hydrogen (secondary N) is 1. The maximum absolute atomic E-state index is 9.35. The van der Waals surface area contributed by atoms with E-state index in [1.165, 1.54) is 0 Å². The van der Waals surface area contributed by atoms with Gasteiger partial charge in [-0.1, -0.05) is 19.1 Å². The Morgan fingerprint density at radius 2 is 2.12 bits per heavy atom. The highest BCUT2D eigenvalue weighted by atomic mass is 16.5. The molecule has 0 amide bonds. The Balaban J connectivity index is 2.27. The zero-order valence-electron chi connectivity index (χ0n) is 10.6. The molecular formula is C14H21NO2. The number of phenols is 1. The number of hydrogen-bond acceptors (Lipinski definition) is 3. The van der Waals surface area contributed by atoms with Gasteiger partial charge in [0.25, 0.3) is 0 Å². The van der Waals surface area contributed by atoms with Gasteiger partial charge in [-0.2, -0.15) is 0 Å². The Morgan fingerprint density at radius 1 is 1.41 bits per heavy atom. The van der Waals surface area contributed by atoms with E-state index in [0.717, 1.165) is 31.6 Å². The lowest BCUT2D eigenvalue weighted by Crippen LogP contribution is -2.51. The summed E-state index contributed by atoms with van der Waals surface area (Å²) in [6, 6.07) is 7.69. The van der Waals surface area contributed by atoms with Gasteiger partial charge in [-0.25, -0.2) is 0 Å². The molecule has 2 unspecified atom stereocenters. The van der Waals surface area contributed by atoms with E-state index in [9.17, 15) is 5.11 Å². The first kappa shape index (κ1) is 12.4. The van der Waals surface area contributed by atoms with E-state index < -0.39 is 0 Å². The molecule has 2 N–H and O–H groups in total. The van der Waals surface area contributed by atoms with Gasteiger partial charge in [-0.3, -0.25) is 0 Å². The normalized spacial score (nSPS) is 29.2. The molecule has 1 aliphatic heterocycles. The average Bonchev–Trinajstić information content (AvgIpc) is 2.33. The Morgan fingerprint density at radius 3 is 2.76 bits per heavy atom. The summed E-state index contributed by atoms with van der Waals surface area (Å²) in [5.41, 5.74) is 0.836. The minimum atomic E-state index is -0.290. The van der Waals surface area contributed by atoms with Gasteiger partial charge in [0, 0.05) is 12.6 Å². The first-order valence-electron chi connectivity index (χ1n) is 6.33. The lowest BCUT2D eigenvalue weighted by molar-refractivity contribution is -0.0935. The van der Waals surface area contributed by atoms with Crippen molar-refractivity contribution in [2.24, 2.45) is 0 Å². The highest BCUT2D eigenvalue weighted by molar-refractivity contribution is 5.31. The summed E-state index contributed by atoms with van der Waals surface area (Å²) in [7, 11) is 0. The molecule has 2 rings (SSSR count). The minimum absolute atomic E-state index is 0.290. The monoisotopic (exact) mass is 235 g/mol. The second-order valence-corrected chi connectivity index (χ2v) is 4.75. The Hall–Kier alpha value is -1.06. The largest absolute Gasteiger partial charge is 0.508 e. The van der Waals surface area contributed by atoms with Crippen LogP contribution in [0, 0.1) is 0 Å². The Bertz CT molecular complexity index is 361. The molecule has 0 saturated carbocycles. The van der Waals surface area contributed by atoms with E-state index >= 15 is 0 Å². The molecule has 17 heavy (non-hydrogen) atoms. The van der Waals surface area contributed by atoms with E-state index in [2.05, 4.69) is 19.2 Å². The summed E-state index contributed by atoms with van der Waals surface area (Å²) in [5.74, 6) is 0.299. The third-order valence-electron chi connectivity index (χ3n) is 3.60. The van der Waals surface area contributed by atoms with Crippen molar-refractivity contribution in [3.8, 4) is 5.75 Å². The maximum atomic E-state index is 9.35. The van der Waals surface area contributed by atoms with E-state index in [1.807, 2.05) is 12.1 Å².